The molecule has 0 bridgehead atoms. The molecule has 5 nitrogen and oxygen atoms in total. The summed E-state index contributed by atoms with van der Waals surface area (Å²) in [5, 5.41) is 10.6. The summed E-state index contributed by atoms with van der Waals surface area (Å²) >= 11 is 0. The van der Waals surface area contributed by atoms with Gasteiger partial charge in [0, 0.05) is 55.4 Å². The second-order valence-electron chi connectivity index (χ2n) is 7.32. The number of carbonyl (C=O) groups is 1. The van der Waals surface area contributed by atoms with Gasteiger partial charge in [0.1, 0.15) is 11.9 Å². The van der Waals surface area contributed by atoms with Crippen molar-refractivity contribution >= 4 is 22.9 Å². The highest BCUT2D eigenvalue weighted by Gasteiger charge is 2.31. The van der Waals surface area contributed by atoms with Crippen LogP contribution in [-0.2, 0) is 4.79 Å². The van der Waals surface area contributed by atoms with Crippen LogP contribution in [0.3, 0.4) is 0 Å². The van der Waals surface area contributed by atoms with Crippen LogP contribution in [0.5, 0.6) is 0 Å². The standard InChI is InChI=1S/C23H24FN3O2/c24-18-8-9-19-20(16-25-21(19)15-18)22(23(28)29)27-13-11-26(12-14-27)10-4-7-17-5-2-1-3-6-17/h1-9,15-16,22,25H,10-14H2,(H,28,29)/b7-4+/t22-/m0/s1. The number of aromatic nitrogens is 1. The summed E-state index contributed by atoms with van der Waals surface area (Å²) in [7, 11) is 0. The van der Waals surface area contributed by atoms with Crippen molar-refractivity contribution in [3.63, 3.8) is 0 Å². The maximum atomic E-state index is 13.5. The molecule has 2 aromatic carbocycles. The summed E-state index contributed by atoms with van der Waals surface area (Å²) in [6, 6.07) is 13.8. The number of rotatable bonds is 6. The Labute approximate surface area is 169 Å². The van der Waals surface area contributed by atoms with Gasteiger partial charge >= 0.3 is 5.97 Å². The quantitative estimate of drug-likeness (QED) is 0.669. The number of nitrogens with one attached hydrogen (secondary N) is 1. The normalized spacial score (nSPS) is 17.1. The molecule has 0 aliphatic carbocycles. The number of nitrogens with zero attached hydrogens (tertiary/aromatic N) is 2. The number of hydrogen-bond donors (Lipinski definition) is 2. The fourth-order valence-electron chi connectivity index (χ4n) is 3.94. The zero-order valence-electron chi connectivity index (χ0n) is 16.1. The number of H-pyrrole nitrogens is 1. The van der Waals surface area contributed by atoms with E-state index >= 15 is 0 Å². The average Bonchev–Trinajstić information content (AvgIpc) is 3.12. The molecule has 4 rings (SSSR count). The summed E-state index contributed by atoms with van der Waals surface area (Å²) in [6.45, 7) is 3.79. The predicted molar refractivity (Wildman–Crippen MR) is 112 cm³/mol. The molecule has 1 aromatic heterocycles. The van der Waals surface area contributed by atoms with Crippen molar-refractivity contribution in [1.29, 1.82) is 0 Å². The molecule has 1 atom stereocenters. The Morgan fingerprint density at radius 1 is 1.14 bits per heavy atom. The lowest BCUT2D eigenvalue weighted by Crippen LogP contribution is -2.49. The van der Waals surface area contributed by atoms with Gasteiger partial charge in [-0.3, -0.25) is 14.6 Å². The smallest absolute Gasteiger partial charge is 0.325 e. The lowest BCUT2D eigenvalue weighted by molar-refractivity contribution is -0.144. The van der Waals surface area contributed by atoms with Crippen LogP contribution in [0.4, 0.5) is 4.39 Å². The number of aliphatic carboxylic acids is 1. The second-order valence-corrected chi connectivity index (χ2v) is 7.32. The maximum Gasteiger partial charge on any atom is 0.325 e. The summed E-state index contributed by atoms with van der Waals surface area (Å²) in [5.41, 5.74) is 2.48. The molecule has 3 aromatic rings. The van der Waals surface area contributed by atoms with Gasteiger partial charge in [0.15, 0.2) is 0 Å². The summed E-state index contributed by atoms with van der Waals surface area (Å²) in [4.78, 5) is 19.4. The van der Waals surface area contributed by atoms with E-state index < -0.39 is 12.0 Å². The number of benzene rings is 2. The number of aromatic amines is 1. The van der Waals surface area contributed by atoms with Gasteiger partial charge in [-0.15, -0.1) is 0 Å². The van der Waals surface area contributed by atoms with Crippen molar-refractivity contribution in [3.8, 4) is 0 Å². The van der Waals surface area contributed by atoms with Crippen LogP contribution < -0.4 is 0 Å². The third-order valence-electron chi connectivity index (χ3n) is 5.45. The van der Waals surface area contributed by atoms with Crippen LogP contribution >= 0.6 is 0 Å². The Morgan fingerprint density at radius 2 is 1.90 bits per heavy atom. The molecule has 150 valence electrons. The largest absolute Gasteiger partial charge is 0.480 e. The number of hydrogen-bond acceptors (Lipinski definition) is 3. The SMILES string of the molecule is O=C(O)[C@H](c1c[nH]c2cc(F)ccc12)N1CCN(C/C=C/c2ccccc2)CC1. The van der Waals surface area contributed by atoms with Gasteiger partial charge in [-0.2, -0.15) is 0 Å². The van der Waals surface area contributed by atoms with Gasteiger partial charge in [-0.1, -0.05) is 42.5 Å². The third kappa shape index (κ3) is 4.39. The summed E-state index contributed by atoms with van der Waals surface area (Å²) < 4.78 is 13.5. The monoisotopic (exact) mass is 393 g/mol. The van der Waals surface area contributed by atoms with Gasteiger partial charge in [0.25, 0.3) is 0 Å². The number of piperazine rings is 1. The molecule has 2 N–H and O–H groups in total. The van der Waals surface area contributed by atoms with E-state index in [-0.39, 0.29) is 5.82 Å². The van der Waals surface area contributed by atoms with Crippen LogP contribution in [0.25, 0.3) is 17.0 Å². The Hall–Kier alpha value is -2.96. The Morgan fingerprint density at radius 3 is 2.62 bits per heavy atom. The average molecular weight is 393 g/mol. The lowest BCUT2D eigenvalue weighted by Gasteiger charge is -2.37. The van der Waals surface area contributed by atoms with Crippen LogP contribution in [0.15, 0.2) is 60.8 Å². The first-order valence-electron chi connectivity index (χ1n) is 9.79. The maximum absolute atomic E-state index is 13.5. The molecular weight excluding hydrogens is 369 g/mol. The summed E-state index contributed by atoms with van der Waals surface area (Å²) in [6.07, 6.45) is 5.95. The molecule has 0 radical (unpaired) electrons. The van der Waals surface area contributed by atoms with Crippen LogP contribution in [-0.4, -0.2) is 58.6 Å². The first-order chi connectivity index (χ1) is 14.1. The Kier molecular flexibility index (Phi) is 5.74. The van der Waals surface area contributed by atoms with Gasteiger partial charge < -0.3 is 10.1 Å². The highest BCUT2D eigenvalue weighted by molar-refractivity contribution is 5.89. The lowest BCUT2D eigenvalue weighted by atomic mass is 10.0. The van der Waals surface area contributed by atoms with Gasteiger partial charge in [0.2, 0.25) is 0 Å². The van der Waals surface area contributed by atoms with Crippen molar-refractivity contribution in [2.75, 3.05) is 32.7 Å². The molecule has 1 aliphatic rings. The minimum Gasteiger partial charge on any atom is -0.480 e. The number of carboxylic acids is 1. The van der Waals surface area contributed by atoms with Crippen LogP contribution in [0, 0.1) is 5.82 Å². The van der Waals surface area contributed by atoms with Crippen molar-refractivity contribution < 1.29 is 14.3 Å². The predicted octanol–water partition coefficient (Wildman–Crippen LogP) is 3.76. The van der Waals surface area contributed by atoms with Crippen molar-refractivity contribution in [2.45, 2.75) is 6.04 Å². The van der Waals surface area contributed by atoms with Gasteiger partial charge in [0.05, 0.1) is 0 Å². The molecule has 1 saturated heterocycles. The zero-order valence-corrected chi connectivity index (χ0v) is 16.1. The van der Waals surface area contributed by atoms with E-state index in [9.17, 15) is 14.3 Å². The fraction of sp³-hybridized carbons (Fsp3) is 0.261. The first-order valence-corrected chi connectivity index (χ1v) is 9.79. The van der Waals surface area contributed by atoms with E-state index in [1.54, 1.807) is 12.3 Å². The van der Waals surface area contributed by atoms with Gasteiger partial charge in [-0.25, -0.2) is 4.39 Å². The zero-order chi connectivity index (χ0) is 20.2. The molecular formula is C23H24FN3O2. The number of fused-ring (bicyclic) bond motifs is 1. The number of carboxylic acid groups (broad SMARTS) is 1. The summed E-state index contributed by atoms with van der Waals surface area (Å²) in [5.74, 6) is -1.22. The fourth-order valence-corrected chi connectivity index (χ4v) is 3.94. The third-order valence-corrected chi connectivity index (χ3v) is 5.45. The molecule has 29 heavy (non-hydrogen) atoms. The topological polar surface area (TPSA) is 59.6 Å². The van der Waals surface area contributed by atoms with Crippen LogP contribution in [0.2, 0.25) is 0 Å². The van der Waals surface area contributed by atoms with E-state index in [4.69, 9.17) is 0 Å². The van der Waals surface area contributed by atoms with Crippen LogP contribution in [0.1, 0.15) is 17.2 Å². The minimum atomic E-state index is -0.882. The minimum absolute atomic E-state index is 0.338. The molecule has 2 heterocycles. The van der Waals surface area contributed by atoms with Gasteiger partial charge in [-0.05, 0) is 23.8 Å². The molecule has 0 unspecified atom stereocenters. The second kappa shape index (κ2) is 8.59. The van der Waals surface area contributed by atoms with Crippen molar-refractivity contribution in [3.05, 3.63) is 77.7 Å². The number of halogens is 1. The van der Waals surface area contributed by atoms with Crippen molar-refractivity contribution in [2.24, 2.45) is 0 Å². The molecule has 6 heteroatoms. The molecule has 1 fully saturated rings. The van der Waals surface area contributed by atoms with E-state index in [1.807, 2.05) is 23.1 Å². The highest BCUT2D eigenvalue weighted by Crippen LogP contribution is 2.30. The van der Waals surface area contributed by atoms with E-state index in [0.717, 1.165) is 25.0 Å². The highest BCUT2D eigenvalue weighted by atomic mass is 19.1. The van der Waals surface area contributed by atoms with E-state index in [2.05, 4.69) is 34.2 Å². The Bertz CT molecular complexity index is 1010. The van der Waals surface area contributed by atoms with E-state index in [0.29, 0.717) is 24.2 Å². The molecule has 0 spiro atoms. The van der Waals surface area contributed by atoms with E-state index in [1.165, 1.54) is 17.7 Å². The molecule has 0 amide bonds. The first kappa shape index (κ1) is 19.4. The molecule has 0 saturated carbocycles. The molecule has 1 aliphatic heterocycles. The van der Waals surface area contributed by atoms with Crippen molar-refractivity contribution in [1.82, 2.24) is 14.8 Å². The Balaban J connectivity index is 1.41.